The van der Waals surface area contributed by atoms with Gasteiger partial charge >= 0.3 is 6.03 Å². The topological polar surface area (TPSA) is 57.7 Å². The Morgan fingerprint density at radius 2 is 1.00 bits per heavy atom. The molecule has 0 bridgehead atoms. The summed E-state index contributed by atoms with van der Waals surface area (Å²) in [7, 11) is 0. The first-order chi connectivity index (χ1) is 10.6. The van der Waals surface area contributed by atoms with Crippen LogP contribution in [0.15, 0.2) is 72.8 Å². The molecule has 0 aromatic heterocycles. The molecular weight excluding hydrogens is 280 g/mol. The fraction of sp³-hybridized carbons (Fsp3) is 0. The lowest BCUT2D eigenvalue weighted by atomic mass is 10.1. The van der Waals surface area contributed by atoms with Crippen molar-refractivity contribution in [1.29, 1.82) is 0 Å². The molecular formula is C17H12N2O3. The van der Waals surface area contributed by atoms with Crippen LogP contribution in [0.3, 0.4) is 0 Å². The predicted octanol–water partition coefficient (Wildman–Crippen LogP) is 2.74. The van der Waals surface area contributed by atoms with Crippen LogP contribution in [-0.4, -0.2) is 17.8 Å². The van der Waals surface area contributed by atoms with Crippen molar-refractivity contribution in [3.8, 4) is 0 Å². The summed E-state index contributed by atoms with van der Waals surface area (Å²) in [4.78, 5) is 39.1. The molecule has 1 heterocycles. The highest BCUT2D eigenvalue weighted by Gasteiger charge is 2.42. The molecule has 108 valence electrons. The minimum atomic E-state index is -0.709. The summed E-state index contributed by atoms with van der Waals surface area (Å²) < 4.78 is 0. The summed E-state index contributed by atoms with van der Waals surface area (Å²) in [5.74, 6) is -1.40. The number of imide groups is 2. The second-order valence-electron chi connectivity index (χ2n) is 4.71. The number of barbiturate groups is 1. The number of carbonyl (C=O) groups is 3. The Kier molecular flexibility index (Phi) is 3.31. The van der Waals surface area contributed by atoms with E-state index in [0.29, 0.717) is 11.4 Å². The van der Waals surface area contributed by atoms with Crippen LogP contribution in [0.25, 0.3) is 0 Å². The molecule has 4 amide bonds. The molecule has 5 nitrogen and oxygen atoms in total. The van der Waals surface area contributed by atoms with E-state index in [0.717, 1.165) is 9.80 Å². The Morgan fingerprint density at radius 1 is 0.636 bits per heavy atom. The maximum absolute atomic E-state index is 12.7. The minimum absolute atomic E-state index is 0.243. The molecule has 2 aromatic rings. The molecule has 0 atom stereocenters. The molecule has 0 radical (unpaired) electrons. The Bertz CT molecular complexity index is 706. The van der Waals surface area contributed by atoms with Gasteiger partial charge in [0.1, 0.15) is 0 Å². The number of nitrogens with zero attached hydrogens (tertiary/aromatic N) is 2. The SMILES string of the molecule is C=C1C(=O)N(c2ccccc2)C(=O)N(c2ccccc2)C1=O. The Balaban J connectivity index is 2.09. The smallest absolute Gasteiger partial charge is 0.268 e. The maximum Gasteiger partial charge on any atom is 0.343 e. The van der Waals surface area contributed by atoms with Crippen molar-refractivity contribution in [2.24, 2.45) is 0 Å². The Morgan fingerprint density at radius 3 is 1.36 bits per heavy atom. The standard InChI is InChI=1S/C17H12N2O3/c1-12-15(20)18(13-8-4-2-5-9-13)17(22)19(16(12)21)14-10-6-3-7-11-14/h2-11H,1H2. The van der Waals surface area contributed by atoms with Crippen molar-refractivity contribution >= 4 is 29.2 Å². The lowest BCUT2D eigenvalue weighted by molar-refractivity contribution is -0.121. The number of carbonyl (C=O) groups excluding carboxylic acids is 3. The Labute approximate surface area is 127 Å². The average molecular weight is 292 g/mol. The normalized spacial score (nSPS) is 15.5. The summed E-state index contributed by atoms with van der Waals surface area (Å²) in [6.45, 7) is 3.53. The number of hydrogen-bond acceptors (Lipinski definition) is 3. The van der Waals surface area contributed by atoms with Gasteiger partial charge in [0.05, 0.1) is 16.9 Å². The summed E-state index contributed by atoms with van der Waals surface area (Å²) >= 11 is 0. The van der Waals surface area contributed by atoms with Gasteiger partial charge in [0, 0.05) is 0 Å². The van der Waals surface area contributed by atoms with E-state index in [-0.39, 0.29) is 5.57 Å². The van der Waals surface area contributed by atoms with Gasteiger partial charge in [-0.2, -0.15) is 0 Å². The first-order valence-electron chi connectivity index (χ1n) is 6.63. The van der Waals surface area contributed by atoms with Gasteiger partial charge in [-0.1, -0.05) is 43.0 Å². The third-order valence-corrected chi connectivity index (χ3v) is 3.33. The number of para-hydroxylation sites is 2. The van der Waals surface area contributed by atoms with E-state index in [2.05, 4.69) is 6.58 Å². The summed E-state index contributed by atoms with van der Waals surface area (Å²) in [6, 6.07) is 16.2. The van der Waals surface area contributed by atoms with E-state index >= 15 is 0 Å². The number of rotatable bonds is 2. The summed E-state index contributed by atoms with van der Waals surface area (Å²) in [6.07, 6.45) is 0. The van der Waals surface area contributed by atoms with E-state index in [9.17, 15) is 14.4 Å². The highest BCUT2D eigenvalue weighted by Crippen LogP contribution is 2.27. The molecule has 0 aliphatic carbocycles. The fourth-order valence-corrected chi connectivity index (χ4v) is 2.24. The second kappa shape index (κ2) is 5.29. The maximum atomic E-state index is 12.7. The third kappa shape index (κ3) is 2.09. The average Bonchev–Trinajstić information content (AvgIpc) is 2.55. The molecule has 22 heavy (non-hydrogen) atoms. The molecule has 1 aliphatic heterocycles. The predicted molar refractivity (Wildman–Crippen MR) is 82.4 cm³/mol. The van der Waals surface area contributed by atoms with E-state index < -0.39 is 17.8 Å². The van der Waals surface area contributed by atoms with Crippen LogP contribution in [0.2, 0.25) is 0 Å². The van der Waals surface area contributed by atoms with E-state index in [4.69, 9.17) is 0 Å². The molecule has 3 rings (SSSR count). The number of urea groups is 1. The highest BCUT2D eigenvalue weighted by molar-refractivity contribution is 6.44. The molecule has 0 spiro atoms. The zero-order chi connectivity index (χ0) is 15.7. The van der Waals surface area contributed by atoms with Crippen molar-refractivity contribution in [1.82, 2.24) is 0 Å². The number of hydrogen-bond donors (Lipinski definition) is 0. The van der Waals surface area contributed by atoms with Crippen LogP contribution in [0.5, 0.6) is 0 Å². The van der Waals surface area contributed by atoms with Crippen molar-refractivity contribution in [2.45, 2.75) is 0 Å². The van der Waals surface area contributed by atoms with E-state index in [1.165, 1.54) is 0 Å². The van der Waals surface area contributed by atoms with Crippen molar-refractivity contribution in [2.75, 3.05) is 9.80 Å². The number of anilines is 2. The van der Waals surface area contributed by atoms with Crippen LogP contribution >= 0.6 is 0 Å². The zero-order valence-electron chi connectivity index (χ0n) is 11.6. The molecule has 2 aromatic carbocycles. The first-order valence-corrected chi connectivity index (χ1v) is 6.63. The van der Waals surface area contributed by atoms with E-state index in [1.807, 2.05) is 0 Å². The van der Waals surface area contributed by atoms with Crippen LogP contribution in [0.4, 0.5) is 16.2 Å². The molecule has 0 unspecified atom stereocenters. The van der Waals surface area contributed by atoms with Gasteiger partial charge in [-0.05, 0) is 24.3 Å². The molecule has 5 heteroatoms. The first kappa shape index (κ1) is 13.8. The Hall–Kier alpha value is -3.21. The van der Waals surface area contributed by atoms with Crippen molar-refractivity contribution in [3.05, 3.63) is 72.8 Å². The van der Waals surface area contributed by atoms with Gasteiger partial charge in [-0.3, -0.25) is 9.59 Å². The fourth-order valence-electron chi connectivity index (χ4n) is 2.24. The van der Waals surface area contributed by atoms with Crippen molar-refractivity contribution in [3.63, 3.8) is 0 Å². The summed E-state index contributed by atoms with van der Waals surface area (Å²) in [5, 5.41) is 0. The monoisotopic (exact) mass is 292 g/mol. The molecule has 1 fully saturated rings. The van der Waals surface area contributed by atoms with E-state index in [1.54, 1.807) is 60.7 Å². The molecule has 0 saturated carbocycles. The summed E-state index contributed by atoms with van der Waals surface area (Å²) in [5.41, 5.74) is 0.548. The van der Waals surface area contributed by atoms with Gasteiger partial charge in [-0.15, -0.1) is 0 Å². The lowest BCUT2D eigenvalue weighted by Gasteiger charge is -2.33. The van der Waals surface area contributed by atoms with Crippen molar-refractivity contribution < 1.29 is 14.4 Å². The second-order valence-corrected chi connectivity index (χ2v) is 4.71. The third-order valence-electron chi connectivity index (χ3n) is 3.33. The van der Waals surface area contributed by atoms with Crippen LogP contribution in [0.1, 0.15) is 0 Å². The van der Waals surface area contributed by atoms with Crippen LogP contribution in [0, 0.1) is 0 Å². The molecule has 1 saturated heterocycles. The van der Waals surface area contributed by atoms with Gasteiger partial charge < -0.3 is 0 Å². The lowest BCUT2D eigenvalue weighted by Crippen LogP contribution is -2.56. The molecule has 1 aliphatic rings. The highest BCUT2D eigenvalue weighted by atomic mass is 16.2. The zero-order valence-corrected chi connectivity index (χ0v) is 11.6. The van der Waals surface area contributed by atoms with Crippen LogP contribution in [-0.2, 0) is 9.59 Å². The largest absolute Gasteiger partial charge is 0.343 e. The number of amides is 4. The quantitative estimate of drug-likeness (QED) is 0.631. The molecule has 0 N–H and O–H groups in total. The van der Waals surface area contributed by atoms with Gasteiger partial charge in [0.15, 0.2) is 0 Å². The van der Waals surface area contributed by atoms with Gasteiger partial charge in [0.25, 0.3) is 11.8 Å². The number of benzene rings is 2. The van der Waals surface area contributed by atoms with Gasteiger partial charge in [0.2, 0.25) is 0 Å². The minimum Gasteiger partial charge on any atom is -0.268 e. The van der Waals surface area contributed by atoms with Crippen LogP contribution < -0.4 is 9.80 Å². The van der Waals surface area contributed by atoms with Gasteiger partial charge in [-0.25, -0.2) is 14.6 Å².